The van der Waals surface area contributed by atoms with E-state index < -0.39 is 42.6 Å². The number of aromatic nitrogens is 1. The van der Waals surface area contributed by atoms with E-state index in [1.807, 2.05) is 4.72 Å². The molecule has 14 heteroatoms. The summed E-state index contributed by atoms with van der Waals surface area (Å²) in [6, 6.07) is 8.93. The fraction of sp³-hybridized carbons (Fsp3) is 0.0588. The lowest BCUT2D eigenvalue weighted by molar-refractivity contribution is -0.384. The molecule has 0 saturated heterocycles. The predicted molar refractivity (Wildman–Crippen MR) is 106 cm³/mol. The number of anilines is 1. The highest BCUT2D eigenvalue weighted by Gasteiger charge is 2.40. The van der Waals surface area contributed by atoms with E-state index in [1.165, 1.54) is 18.2 Å². The molecule has 1 heterocycles. The lowest BCUT2D eigenvalue weighted by atomic mass is 10.1. The molecule has 0 fully saturated rings. The minimum atomic E-state index is -5.05. The number of alkyl halides is 3. The van der Waals surface area contributed by atoms with E-state index in [0.29, 0.717) is 0 Å². The van der Waals surface area contributed by atoms with Crippen molar-refractivity contribution in [1.82, 2.24) is 4.98 Å². The van der Waals surface area contributed by atoms with Crippen molar-refractivity contribution in [3.63, 3.8) is 0 Å². The molecule has 1 aromatic heterocycles. The number of rotatable bonds is 6. The monoisotopic (exact) mass is 491 g/mol. The predicted octanol–water partition coefficient (Wildman–Crippen LogP) is 4.76. The lowest BCUT2D eigenvalue weighted by Gasteiger charge is -2.05. The number of hydrogen-bond acceptors (Lipinski definition) is 7. The van der Waals surface area contributed by atoms with Gasteiger partial charge in [-0.05, 0) is 30.3 Å². The fourth-order valence-electron chi connectivity index (χ4n) is 2.38. The number of nitrogens with zero attached hydrogens (tertiary/aromatic N) is 2. The van der Waals surface area contributed by atoms with Gasteiger partial charge in [-0.1, -0.05) is 29.0 Å². The first-order valence-electron chi connectivity index (χ1n) is 8.04. The first-order valence-corrected chi connectivity index (χ1v) is 10.7. The molecule has 0 aliphatic heterocycles. The average molecular weight is 492 g/mol. The molecule has 1 N–H and O–H groups in total. The zero-order valence-corrected chi connectivity index (χ0v) is 17.3. The third-order valence-corrected chi connectivity index (χ3v) is 6.44. The smallest absolute Gasteiger partial charge is 0.288 e. The van der Waals surface area contributed by atoms with Crippen LogP contribution in [-0.4, -0.2) is 24.1 Å². The van der Waals surface area contributed by atoms with Crippen molar-refractivity contribution in [2.75, 3.05) is 4.72 Å². The number of carbonyl (C=O) groups is 1. The number of nitrogens with one attached hydrogen (secondary N) is 1. The maximum atomic E-state index is 13.4. The lowest BCUT2D eigenvalue weighted by Crippen LogP contribution is -2.14. The van der Waals surface area contributed by atoms with Gasteiger partial charge >= 0.3 is 6.18 Å². The van der Waals surface area contributed by atoms with E-state index in [0.717, 1.165) is 30.3 Å². The first kappa shape index (κ1) is 22.7. The molecule has 2 aromatic carbocycles. The summed E-state index contributed by atoms with van der Waals surface area (Å²) in [5.74, 6) is -1.12. The first-order chi connectivity index (χ1) is 14.4. The normalized spacial score (nSPS) is 11.9. The van der Waals surface area contributed by atoms with Crippen LogP contribution in [0.2, 0.25) is 5.02 Å². The number of nitro benzene ring substituents is 1. The van der Waals surface area contributed by atoms with Crippen molar-refractivity contribution in [2.45, 2.75) is 11.1 Å². The zero-order valence-electron chi connectivity index (χ0n) is 14.9. The molecule has 0 radical (unpaired) electrons. The number of ketones is 1. The molecule has 162 valence electrons. The minimum Gasteiger partial charge on any atom is -0.288 e. The van der Waals surface area contributed by atoms with E-state index in [1.54, 1.807) is 0 Å². The molecule has 3 aromatic rings. The summed E-state index contributed by atoms with van der Waals surface area (Å²) in [6.07, 6.45) is -5.05. The van der Waals surface area contributed by atoms with Crippen molar-refractivity contribution in [3.8, 4) is 0 Å². The van der Waals surface area contributed by atoms with E-state index in [-0.39, 0.29) is 32.5 Å². The second-order valence-electron chi connectivity index (χ2n) is 5.89. The minimum absolute atomic E-state index is 0.0898. The molecule has 0 unspecified atom stereocenters. The fourth-order valence-corrected chi connectivity index (χ4v) is 4.87. The number of thiazole rings is 1. The maximum Gasteiger partial charge on any atom is 0.435 e. The van der Waals surface area contributed by atoms with E-state index in [9.17, 15) is 36.5 Å². The summed E-state index contributed by atoms with van der Waals surface area (Å²) in [6.45, 7) is 0. The average Bonchev–Trinajstić information content (AvgIpc) is 3.11. The van der Waals surface area contributed by atoms with Crippen molar-refractivity contribution in [1.29, 1.82) is 0 Å². The molecule has 0 spiro atoms. The van der Waals surface area contributed by atoms with E-state index >= 15 is 0 Å². The van der Waals surface area contributed by atoms with Crippen LogP contribution in [0.1, 0.15) is 20.9 Å². The molecule has 0 bridgehead atoms. The maximum absolute atomic E-state index is 13.4. The third-order valence-electron chi connectivity index (χ3n) is 3.77. The summed E-state index contributed by atoms with van der Waals surface area (Å²) < 4.78 is 67.0. The zero-order chi connectivity index (χ0) is 23.0. The van der Waals surface area contributed by atoms with Crippen LogP contribution in [0.25, 0.3) is 0 Å². The summed E-state index contributed by atoms with van der Waals surface area (Å²) in [7, 11) is -4.33. The van der Waals surface area contributed by atoms with Crippen LogP contribution in [0.3, 0.4) is 0 Å². The Hall–Kier alpha value is -3.03. The van der Waals surface area contributed by atoms with Crippen molar-refractivity contribution >= 4 is 49.6 Å². The number of hydrogen-bond donors (Lipinski definition) is 1. The van der Waals surface area contributed by atoms with Gasteiger partial charge in [-0.2, -0.15) is 13.2 Å². The van der Waals surface area contributed by atoms with Crippen LogP contribution >= 0.6 is 22.9 Å². The van der Waals surface area contributed by atoms with Gasteiger partial charge in [0.2, 0.25) is 5.78 Å². The number of benzene rings is 2. The summed E-state index contributed by atoms with van der Waals surface area (Å²) in [5, 5.41) is 10.1. The van der Waals surface area contributed by atoms with Gasteiger partial charge in [-0.3, -0.25) is 19.6 Å². The Labute approximate surface area is 181 Å². The Morgan fingerprint density at radius 2 is 1.81 bits per heavy atom. The van der Waals surface area contributed by atoms with Crippen LogP contribution in [-0.2, 0) is 16.2 Å². The van der Waals surface area contributed by atoms with Crippen molar-refractivity contribution in [3.05, 3.63) is 79.8 Å². The Kier molecular flexibility index (Phi) is 6.02. The summed E-state index contributed by atoms with van der Waals surface area (Å²) in [5.41, 5.74) is -2.19. The van der Waals surface area contributed by atoms with E-state index in [4.69, 9.17) is 11.6 Å². The molecular formula is C17H9ClF3N3O5S2. The molecular weight excluding hydrogens is 483 g/mol. The highest BCUT2D eigenvalue weighted by Crippen LogP contribution is 2.38. The Balaban J connectivity index is 2.00. The van der Waals surface area contributed by atoms with Gasteiger partial charge < -0.3 is 0 Å². The molecule has 0 saturated carbocycles. The molecule has 0 atom stereocenters. The van der Waals surface area contributed by atoms with E-state index in [2.05, 4.69) is 4.98 Å². The number of halogens is 4. The Bertz CT molecular complexity index is 1270. The Morgan fingerprint density at radius 3 is 2.35 bits per heavy atom. The standard InChI is InChI=1S/C17H9ClF3N3O5S2/c18-10-2-1-3-12(8-10)31(28,29)23-16-22-15(17(19,20)21)14(30-16)13(25)9-4-6-11(7-5-9)24(26)27/h1-8H,(H,22,23). The SMILES string of the molecule is O=C(c1ccc([N+](=O)[O-])cc1)c1sc(NS(=O)(=O)c2cccc(Cl)c2)nc1C(F)(F)F. The second kappa shape index (κ2) is 8.24. The van der Waals surface area contributed by atoms with Gasteiger partial charge in [0.15, 0.2) is 10.8 Å². The van der Waals surface area contributed by atoms with Gasteiger partial charge in [0.25, 0.3) is 15.7 Å². The molecule has 0 aliphatic rings. The van der Waals surface area contributed by atoms with Crippen LogP contribution in [0, 0.1) is 10.1 Å². The van der Waals surface area contributed by atoms with Crippen molar-refractivity contribution in [2.24, 2.45) is 0 Å². The summed E-state index contributed by atoms with van der Waals surface area (Å²) in [4.78, 5) is 24.6. The number of carbonyl (C=O) groups excluding carboxylic acids is 1. The van der Waals surface area contributed by atoms with Gasteiger partial charge in [0, 0.05) is 22.7 Å². The largest absolute Gasteiger partial charge is 0.435 e. The molecule has 31 heavy (non-hydrogen) atoms. The molecule has 0 aliphatic carbocycles. The van der Waals surface area contributed by atoms with Crippen LogP contribution in [0.4, 0.5) is 24.0 Å². The summed E-state index contributed by atoms with van der Waals surface area (Å²) >= 11 is 5.93. The molecule has 8 nitrogen and oxygen atoms in total. The van der Waals surface area contributed by atoms with Crippen LogP contribution < -0.4 is 4.72 Å². The van der Waals surface area contributed by atoms with Gasteiger partial charge in [0.1, 0.15) is 4.88 Å². The number of non-ortho nitro benzene ring substituents is 1. The molecule has 0 amide bonds. The highest BCUT2D eigenvalue weighted by molar-refractivity contribution is 7.93. The number of nitro groups is 1. The van der Waals surface area contributed by atoms with Gasteiger partial charge in [0.05, 0.1) is 9.82 Å². The topological polar surface area (TPSA) is 119 Å². The van der Waals surface area contributed by atoms with Crippen LogP contribution in [0.5, 0.6) is 0 Å². The van der Waals surface area contributed by atoms with Gasteiger partial charge in [-0.25, -0.2) is 13.4 Å². The highest BCUT2D eigenvalue weighted by atomic mass is 35.5. The van der Waals surface area contributed by atoms with Gasteiger partial charge in [-0.15, -0.1) is 0 Å². The second-order valence-corrected chi connectivity index (χ2v) is 9.01. The Morgan fingerprint density at radius 1 is 1.16 bits per heavy atom. The van der Waals surface area contributed by atoms with Crippen LogP contribution in [0.15, 0.2) is 53.4 Å². The van der Waals surface area contributed by atoms with Crippen molar-refractivity contribution < 1.29 is 31.3 Å². The number of sulfonamides is 1. The molecule has 3 rings (SSSR count). The third kappa shape index (κ3) is 5.00. The quantitative estimate of drug-likeness (QED) is 0.302.